The largest absolute Gasteiger partial charge is 0.465 e. The summed E-state index contributed by atoms with van der Waals surface area (Å²) in [5, 5.41) is 0. The van der Waals surface area contributed by atoms with Crippen LogP contribution in [0.5, 0.6) is 0 Å². The number of nitrogens with zero attached hydrogens (tertiary/aromatic N) is 1. The highest BCUT2D eigenvalue weighted by Crippen LogP contribution is 2.26. The molecule has 0 bridgehead atoms. The molecule has 1 aliphatic rings. The van der Waals surface area contributed by atoms with Crippen molar-refractivity contribution in [3.63, 3.8) is 0 Å². The Morgan fingerprint density at radius 1 is 1.15 bits per heavy atom. The van der Waals surface area contributed by atoms with E-state index in [9.17, 15) is 14.4 Å². The predicted molar refractivity (Wildman–Crippen MR) is 71.2 cm³/mol. The zero-order valence-electron chi connectivity index (χ0n) is 11.5. The van der Waals surface area contributed by atoms with E-state index < -0.39 is 11.9 Å². The van der Waals surface area contributed by atoms with Crippen molar-refractivity contribution in [1.29, 1.82) is 0 Å². The van der Waals surface area contributed by atoms with Gasteiger partial charge in [-0.15, -0.1) is 0 Å². The monoisotopic (exact) mass is 277 g/mol. The van der Waals surface area contributed by atoms with Crippen molar-refractivity contribution < 1.29 is 23.9 Å². The molecular formula is C14H15NO5. The lowest BCUT2D eigenvalue weighted by molar-refractivity contribution is -0.140. The summed E-state index contributed by atoms with van der Waals surface area (Å²) < 4.78 is 9.38. The van der Waals surface area contributed by atoms with Gasteiger partial charge in [-0.2, -0.15) is 0 Å². The topological polar surface area (TPSA) is 72.9 Å². The lowest BCUT2D eigenvalue weighted by atomic mass is 9.99. The van der Waals surface area contributed by atoms with Crippen molar-refractivity contribution in [2.45, 2.75) is 0 Å². The molecule has 0 aliphatic carbocycles. The van der Waals surface area contributed by atoms with Gasteiger partial charge >= 0.3 is 11.9 Å². The zero-order chi connectivity index (χ0) is 15.1. The Hall–Kier alpha value is -2.63. The molecule has 0 N–H and O–H groups in total. The summed E-state index contributed by atoms with van der Waals surface area (Å²) in [5.41, 5.74) is 0.612. The van der Waals surface area contributed by atoms with Crippen LogP contribution in [0.15, 0.2) is 47.3 Å². The molecule has 0 aromatic heterocycles. The molecule has 0 saturated carbocycles. The summed E-state index contributed by atoms with van der Waals surface area (Å²) in [6, 6.07) is 0. The number of likely N-dealkylation sites (N-methyl/N-ethyl adjacent to an activating group) is 1. The van der Waals surface area contributed by atoms with Gasteiger partial charge in [-0.3, -0.25) is 4.79 Å². The number of allylic oxidation sites excluding steroid dienone is 4. The number of ether oxygens (including phenoxy) is 2. The number of carbonyl (C=O) groups excluding carboxylic acids is 3. The molecule has 0 radical (unpaired) electrons. The van der Waals surface area contributed by atoms with Gasteiger partial charge < -0.3 is 14.4 Å². The van der Waals surface area contributed by atoms with Crippen molar-refractivity contribution >= 4 is 18.2 Å². The molecule has 1 rings (SSSR count). The Bertz CT molecular complexity index is 540. The van der Waals surface area contributed by atoms with Crippen molar-refractivity contribution in [3.8, 4) is 0 Å². The lowest BCUT2D eigenvalue weighted by Crippen LogP contribution is -2.28. The molecule has 0 unspecified atom stereocenters. The fourth-order valence-corrected chi connectivity index (χ4v) is 1.67. The van der Waals surface area contributed by atoms with Crippen LogP contribution >= 0.6 is 0 Å². The number of aldehydes is 1. The maximum absolute atomic E-state index is 11.9. The van der Waals surface area contributed by atoms with E-state index in [1.165, 1.54) is 37.3 Å². The summed E-state index contributed by atoms with van der Waals surface area (Å²) in [5.74, 6) is -1.31. The maximum atomic E-state index is 11.9. The molecule has 0 aromatic carbocycles. The third-order valence-corrected chi connectivity index (χ3v) is 2.59. The molecule has 106 valence electrons. The standard InChI is InChI=1S/C14H15NO5/c1-15-8-7-10(6-4-5-9-16)11(13(17)19-2)12(15)14(18)20-3/h4-9H,1-3H3/b5-4+,10-6-. The van der Waals surface area contributed by atoms with Crippen molar-refractivity contribution in [3.05, 3.63) is 47.3 Å². The van der Waals surface area contributed by atoms with E-state index in [2.05, 4.69) is 4.74 Å². The maximum Gasteiger partial charge on any atom is 0.355 e. The molecule has 0 aromatic rings. The second-order valence-electron chi connectivity index (χ2n) is 3.78. The van der Waals surface area contributed by atoms with Crippen LogP contribution in [0.3, 0.4) is 0 Å². The van der Waals surface area contributed by atoms with Crippen molar-refractivity contribution in [2.24, 2.45) is 0 Å². The fraction of sp³-hybridized carbons (Fsp3) is 0.214. The minimum Gasteiger partial charge on any atom is -0.465 e. The van der Waals surface area contributed by atoms with Gasteiger partial charge in [-0.05, 0) is 17.7 Å². The predicted octanol–water partition coefficient (Wildman–Crippen LogP) is 0.727. The molecule has 0 amide bonds. The van der Waals surface area contributed by atoms with Gasteiger partial charge in [0.2, 0.25) is 0 Å². The molecule has 1 aliphatic heterocycles. The van der Waals surface area contributed by atoms with Crippen LogP contribution in [0.4, 0.5) is 0 Å². The van der Waals surface area contributed by atoms with Gasteiger partial charge in [0.25, 0.3) is 0 Å². The minimum absolute atomic E-state index is 0.0765. The summed E-state index contributed by atoms with van der Waals surface area (Å²) in [7, 11) is 4.07. The van der Waals surface area contributed by atoms with Crippen molar-refractivity contribution in [1.82, 2.24) is 4.90 Å². The van der Waals surface area contributed by atoms with E-state index in [4.69, 9.17) is 4.74 Å². The van der Waals surface area contributed by atoms with E-state index in [1.807, 2.05) is 0 Å². The summed E-state index contributed by atoms with van der Waals surface area (Å²) in [4.78, 5) is 35.5. The van der Waals surface area contributed by atoms with Crippen LogP contribution < -0.4 is 0 Å². The SMILES string of the molecule is COC(=O)C1=C(C(=O)OC)N(C)C=C/C1=C/C=C/C=O. The first-order valence-electron chi connectivity index (χ1n) is 5.71. The molecule has 20 heavy (non-hydrogen) atoms. The van der Waals surface area contributed by atoms with Crippen LogP contribution in [-0.2, 0) is 23.9 Å². The summed E-state index contributed by atoms with van der Waals surface area (Å²) >= 11 is 0. The molecule has 1 heterocycles. The number of rotatable bonds is 4. The van der Waals surface area contributed by atoms with E-state index in [0.717, 1.165) is 0 Å². The van der Waals surface area contributed by atoms with Crippen LogP contribution in [0.1, 0.15) is 0 Å². The quantitative estimate of drug-likeness (QED) is 0.428. The first-order chi connectivity index (χ1) is 9.56. The number of carbonyl (C=O) groups is 3. The van der Waals surface area contributed by atoms with Gasteiger partial charge in [-0.1, -0.05) is 12.2 Å². The Labute approximate surface area is 116 Å². The Kier molecular flexibility index (Phi) is 5.46. The molecule has 0 fully saturated rings. The fourth-order valence-electron chi connectivity index (χ4n) is 1.67. The lowest BCUT2D eigenvalue weighted by Gasteiger charge is -2.24. The number of esters is 2. The first-order valence-corrected chi connectivity index (χ1v) is 5.71. The molecule has 0 atom stereocenters. The van der Waals surface area contributed by atoms with E-state index in [1.54, 1.807) is 19.3 Å². The molecule has 6 nitrogen and oxygen atoms in total. The van der Waals surface area contributed by atoms with E-state index in [-0.39, 0.29) is 11.3 Å². The van der Waals surface area contributed by atoms with E-state index >= 15 is 0 Å². The number of hydrogen-bond donors (Lipinski definition) is 0. The smallest absolute Gasteiger partial charge is 0.355 e. The highest BCUT2D eigenvalue weighted by molar-refractivity contribution is 6.04. The number of hydrogen-bond acceptors (Lipinski definition) is 6. The van der Waals surface area contributed by atoms with Crippen LogP contribution in [0.2, 0.25) is 0 Å². The van der Waals surface area contributed by atoms with Crippen molar-refractivity contribution in [2.75, 3.05) is 21.3 Å². The molecule has 0 saturated heterocycles. The Morgan fingerprint density at radius 2 is 1.80 bits per heavy atom. The van der Waals surface area contributed by atoms with E-state index in [0.29, 0.717) is 11.9 Å². The van der Waals surface area contributed by atoms with Gasteiger partial charge in [0, 0.05) is 13.2 Å². The van der Waals surface area contributed by atoms with Gasteiger partial charge in [-0.25, -0.2) is 9.59 Å². The average molecular weight is 277 g/mol. The average Bonchev–Trinajstić information content (AvgIpc) is 2.46. The summed E-state index contributed by atoms with van der Waals surface area (Å²) in [6.45, 7) is 0. The Morgan fingerprint density at radius 3 is 2.35 bits per heavy atom. The second-order valence-corrected chi connectivity index (χ2v) is 3.78. The van der Waals surface area contributed by atoms with Crippen LogP contribution in [0, 0.1) is 0 Å². The van der Waals surface area contributed by atoms with Crippen LogP contribution in [0.25, 0.3) is 0 Å². The highest BCUT2D eigenvalue weighted by atomic mass is 16.5. The highest BCUT2D eigenvalue weighted by Gasteiger charge is 2.29. The third kappa shape index (κ3) is 3.23. The zero-order valence-corrected chi connectivity index (χ0v) is 11.5. The van der Waals surface area contributed by atoms with Gasteiger partial charge in [0.15, 0.2) is 0 Å². The van der Waals surface area contributed by atoms with Gasteiger partial charge in [0.1, 0.15) is 12.0 Å². The molecular weight excluding hydrogens is 262 g/mol. The summed E-state index contributed by atoms with van der Waals surface area (Å²) in [6.07, 6.45) is 8.13. The number of methoxy groups -OCH3 is 2. The Balaban J connectivity index is 3.42. The minimum atomic E-state index is -0.660. The normalized spacial score (nSPS) is 16.8. The molecule has 6 heteroatoms. The van der Waals surface area contributed by atoms with Crippen LogP contribution in [-0.4, -0.2) is 44.4 Å². The third-order valence-electron chi connectivity index (χ3n) is 2.59. The van der Waals surface area contributed by atoms with Gasteiger partial charge in [0.05, 0.1) is 19.8 Å². The first kappa shape index (κ1) is 15.4. The molecule has 0 spiro atoms. The second kappa shape index (κ2) is 7.08.